The molecule has 0 saturated heterocycles. The smallest absolute Gasteiger partial charge is 0.345 e. The van der Waals surface area contributed by atoms with Crippen LogP contribution in [0.15, 0.2) is 36.4 Å². The molecule has 0 bridgehead atoms. The second-order valence-electron chi connectivity index (χ2n) is 5.78. The minimum atomic E-state index is -1.01. The normalized spacial score (nSPS) is 10.2. The van der Waals surface area contributed by atoms with Crippen LogP contribution in [-0.2, 0) is 16.0 Å². The molecule has 9 nitrogen and oxygen atoms in total. The number of carbonyl (C=O) groups is 2. The molecule has 0 atom stereocenters. The first-order chi connectivity index (χ1) is 13.8. The predicted molar refractivity (Wildman–Crippen MR) is 105 cm³/mol. The van der Waals surface area contributed by atoms with Gasteiger partial charge in [-0.1, -0.05) is 17.7 Å². The number of nitro benzene ring substituents is 1. The number of ether oxygens (including phenoxy) is 3. The number of nitrogens with zero attached hydrogens (tertiary/aromatic N) is 1. The van der Waals surface area contributed by atoms with Gasteiger partial charge in [0.15, 0.2) is 18.1 Å². The molecule has 0 spiro atoms. The van der Waals surface area contributed by atoms with Crippen molar-refractivity contribution in [1.82, 2.24) is 5.32 Å². The Morgan fingerprint density at radius 3 is 2.48 bits per heavy atom. The summed E-state index contributed by atoms with van der Waals surface area (Å²) in [7, 11) is 3.07. The molecular weight excluding hydrogens is 404 g/mol. The van der Waals surface area contributed by atoms with E-state index < -0.39 is 29.1 Å². The van der Waals surface area contributed by atoms with E-state index in [0.717, 1.165) is 17.7 Å². The SMILES string of the molecule is COc1ccc(CCNC(=O)COC(=O)c2cc(Cl)ccc2[N+](=O)[O-])cc1OC. The summed E-state index contributed by atoms with van der Waals surface area (Å²) in [6, 6.07) is 8.90. The largest absolute Gasteiger partial charge is 0.493 e. The van der Waals surface area contributed by atoms with E-state index in [4.69, 9.17) is 25.8 Å². The molecule has 0 aromatic heterocycles. The number of benzene rings is 2. The molecule has 0 aliphatic heterocycles. The van der Waals surface area contributed by atoms with E-state index >= 15 is 0 Å². The highest BCUT2D eigenvalue weighted by Gasteiger charge is 2.22. The van der Waals surface area contributed by atoms with Crippen LogP contribution in [0.4, 0.5) is 5.69 Å². The highest BCUT2D eigenvalue weighted by molar-refractivity contribution is 6.31. The molecule has 2 aromatic rings. The third kappa shape index (κ3) is 6.08. The van der Waals surface area contributed by atoms with Crippen molar-refractivity contribution < 1.29 is 28.7 Å². The van der Waals surface area contributed by atoms with Gasteiger partial charge in [0.1, 0.15) is 5.56 Å². The van der Waals surface area contributed by atoms with E-state index in [1.54, 1.807) is 12.1 Å². The standard InChI is InChI=1S/C19H19ClN2O7/c1-27-16-6-3-12(9-17(16)28-2)7-8-21-18(23)11-29-19(24)14-10-13(20)4-5-15(14)22(25)26/h3-6,9-10H,7-8,11H2,1-2H3,(H,21,23). The van der Waals surface area contributed by atoms with Crippen LogP contribution in [0, 0.1) is 10.1 Å². The van der Waals surface area contributed by atoms with Gasteiger partial charge in [-0.3, -0.25) is 14.9 Å². The van der Waals surface area contributed by atoms with Crippen molar-refractivity contribution in [3.63, 3.8) is 0 Å². The Hall–Kier alpha value is -3.33. The minimum absolute atomic E-state index is 0.141. The summed E-state index contributed by atoms with van der Waals surface area (Å²) in [6.07, 6.45) is 0.514. The molecule has 2 aromatic carbocycles. The number of nitrogens with one attached hydrogen (secondary N) is 1. The summed E-state index contributed by atoms with van der Waals surface area (Å²) >= 11 is 5.77. The maximum atomic E-state index is 12.1. The lowest BCUT2D eigenvalue weighted by Gasteiger charge is -2.10. The van der Waals surface area contributed by atoms with Crippen molar-refractivity contribution in [1.29, 1.82) is 0 Å². The maximum Gasteiger partial charge on any atom is 0.345 e. The van der Waals surface area contributed by atoms with Crippen LogP contribution < -0.4 is 14.8 Å². The molecule has 29 heavy (non-hydrogen) atoms. The van der Waals surface area contributed by atoms with E-state index in [0.29, 0.717) is 24.5 Å². The maximum absolute atomic E-state index is 12.1. The minimum Gasteiger partial charge on any atom is -0.493 e. The Morgan fingerprint density at radius 1 is 1.10 bits per heavy atom. The zero-order valence-corrected chi connectivity index (χ0v) is 16.5. The molecule has 0 aliphatic carbocycles. The first-order valence-electron chi connectivity index (χ1n) is 8.44. The van der Waals surface area contributed by atoms with Gasteiger partial charge in [-0.2, -0.15) is 0 Å². The van der Waals surface area contributed by atoms with Gasteiger partial charge < -0.3 is 19.5 Å². The van der Waals surface area contributed by atoms with Gasteiger partial charge in [0.2, 0.25) is 0 Å². The summed E-state index contributed by atoms with van der Waals surface area (Å²) in [5.74, 6) is -0.367. The Balaban J connectivity index is 1.85. The zero-order valence-electron chi connectivity index (χ0n) is 15.8. The molecule has 1 N–H and O–H groups in total. The molecule has 0 heterocycles. The summed E-state index contributed by atoms with van der Waals surface area (Å²) in [5, 5.41) is 13.7. The van der Waals surface area contributed by atoms with E-state index in [-0.39, 0.29) is 10.6 Å². The molecule has 2 rings (SSSR count). The van der Waals surface area contributed by atoms with Crippen molar-refractivity contribution in [3.05, 3.63) is 62.7 Å². The number of hydrogen-bond acceptors (Lipinski definition) is 7. The van der Waals surface area contributed by atoms with E-state index in [9.17, 15) is 19.7 Å². The van der Waals surface area contributed by atoms with Crippen molar-refractivity contribution >= 4 is 29.2 Å². The van der Waals surface area contributed by atoms with Crippen LogP contribution >= 0.6 is 11.6 Å². The number of carbonyl (C=O) groups excluding carboxylic acids is 2. The average molecular weight is 423 g/mol. The molecule has 1 amide bonds. The van der Waals surface area contributed by atoms with Crippen LogP contribution in [0.5, 0.6) is 11.5 Å². The number of hydrogen-bond donors (Lipinski definition) is 1. The van der Waals surface area contributed by atoms with Crippen LogP contribution in [0.1, 0.15) is 15.9 Å². The van der Waals surface area contributed by atoms with Gasteiger partial charge in [-0.15, -0.1) is 0 Å². The Kier molecular flexibility index (Phi) is 7.79. The van der Waals surface area contributed by atoms with Gasteiger partial charge in [0.05, 0.1) is 19.1 Å². The van der Waals surface area contributed by atoms with Crippen molar-refractivity contribution in [2.45, 2.75) is 6.42 Å². The number of amides is 1. The lowest BCUT2D eigenvalue weighted by Crippen LogP contribution is -2.30. The molecular formula is C19H19ClN2O7. The first kappa shape index (κ1) is 22.0. The second kappa shape index (κ2) is 10.3. The fourth-order valence-corrected chi connectivity index (χ4v) is 2.65. The fraction of sp³-hybridized carbons (Fsp3) is 0.263. The van der Waals surface area contributed by atoms with Gasteiger partial charge in [-0.25, -0.2) is 4.79 Å². The van der Waals surface area contributed by atoms with Gasteiger partial charge in [0, 0.05) is 17.6 Å². The molecule has 0 saturated carbocycles. The number of esters is 1. The Morgan fingerprint density at radius 2 is 1.83 bits per heavy atom. The third-order valence-corrected chi connectivity index (χ3v) is 4.13. The number of nitro groups is 1. The molecule has 154 valence electrons. The quantitative estimate of drug-likeness (QED) is 0.375. The molecule has 0 aliphatic rings. The van der Waals surface area contributed by atoms with Gasteiger partial charge in [-0.05, 0) is 36.2 Å². The first-order valence-corrected chi connectivity index (χ1v) is 8.82. The second-order valence-corrected chi connectivity index (χ2v) is 6.22. The van der Waals surface area contributed by atoms with E-state index in [1.165, 1.54) is 20.3 Å². The number of rotatable bonds is 9. The molecule has 0 radical (unpaired) electrons. The summed E-state index contributed by atoms with van der Waals surface area (Å²) in [4.78, 5) is 34.2. The topological polar surface area (TPSA) is 117 Å². The summed E-state index contributed by atoms with van der Waals surface area (Å²) in [6.45, 7) is -0.280. The lowest BCUT2D eigenvalue weighted by molar-refractivity contribution is -0.385. The molecule has 10 heteroatoms. The van der Waals surface area contributed by atoms with Crippen molar-refractivity contribution in [3.8, 4) is 11.5 Å². The summed E-state index contributed by atoms with van der Waals surface area (Å²) in [5.41, 5.74) is 0.142. The Labute approximate surface area is 171 Å². The highest BCUT2D eigenvalue weighted by Crippen LogP contribution is 2.27. The van der Waals surface area contributed by atoms with E-state index in [1.807, 2.05) is 6.07 Å². The molecule has 0 fully saturated rings. The summed E-state index contributed by atoms with van der Waals surface area (Å²) < 4.78 is 15.2. The highest BCUT2D eigenvalue weighted by atomic mass is 35.5. The van der Waals surface area contributed by atoms with Gasteiger partial charge in [0.25, 0.3) is 11.6 Å². The van der Waals surface area contributed by atoms with Crippen LogP contribution in [-0.4, -0.2) is 44.2 Å². The van der Waals surface area contributed by atoms with Gasteiger partial charge >= 0.3 is 5.97 Å². The zero-order chi connectivity index (χ0) is 21.4. The van der Waals surface area contributed by atoms with Crippen LogP contribution in [0.3, 0.4) is 0 Å². The molecule has 0 unspecified atom stereocenters. The van der Waals surface area contributed by atoms with E-state index in [2.05, 4.69) is 5.32 Å². The predicted octanol–water partition coefficient (Wildman–Crippen LogP) is 2.78. The fourth-order valence-electron chi connectivity index (χ4n) is 2.47. The van der Waals surface area contributed by atoms with Crippen molar-refractivity contribution in [2.24, 2.45) is 0 Å². The average Bonchev–Trinajstić information content (AvgIpc) is 2.71. The van der Waals surface area contributed by atoms with Crippen LogP contribution in [0.2, 0.25) is 5.02 Å². The third-order valence-electron chi connectivity index (χ3n) is 3.89. The monoisotopic (exact) mass is 422 g/mol. The lowest BCUT2D eigenvalue weighted by atomic mass is 10.1. The number of methoxy groups -OCH3 is 2. The van der Waals surface area contributed by atoms with Crippen LogP contribution in [0.25, 0.3) is 0 Å². The van der Waals surface area contributed by atoms with Crippen molar-refractivity contribution in [2.75, 3.05) is 27.4 Å². The number of halogens is 1. The Bertz CT molecular complexity index is 917.